The summed E-state index contributed by atoms with van der Waals surface area (Å²) >= 11 is 6.62. The SMILES string of the molecule is CC1CCN(C2CCCC(Cc3ccc(-c4cccnc4)cc3Cl)C2)C1=O.Cl. The summed E-state index contributed by atoms with van der Waals surface area (Å²) in [6.07, 6.45) is 10.4. The number of carbonyl (C=O) groups excluding carboxylic acids is 1. The summed E-state index contributed by atoms with van der Waals surface area (Å²) in [6.45, 7) is 3.00. The molecule has 1 amide bonds. The Hall–Kier alpha value is -1.58. The Morgan fingerprint density at radius 1 is 1.18 bits per heavy atom. The number of hydrogen-bond acceptors (Lipinski definition) is 2. The van der Waals surface area contributed by atoms with Gasteiger partial charge in [-0.25, -0.2) is 0 Å². The summed E-state index contributed by atoms with van der Waals surface area (Å²) in [5.74, 6) is 1.17. The summed E-state index contributed by atoms with van der Waals surface area (Å²) < 4.78 is 0. The van der Waals surface area contributed by atoms with Crippen LogP contribution in [0.3, 0.4) is 0 Å². The third-order valence-corrected chi connectivity index (χ3v) is 6.61. The number of pyridine rings is 1. The molecule has 0 radical (unpaired) electrons. The molecule has 2 aliphatic rings. The van der Waals surface area contributed by atoms with Gasteiger partial charge in [-0.1, -0.05) is 43.1 Å². The summed E-state index contributed by atoms with van der Waals surface area (Å²) in [6, 6.07) is 10.8. The first-order valence-corrected chi connectivity index (χ1v) is 10.5. The number of aromatic nitrogens is 1. The second kappa shape index (κ2) is 9.28. The highest BCUT2D eigenvalue weighted by atomic mass is 35.5. The van der Waals surface area contributed by atoms with Gasteiger partial charge in [-0.15, -0.1) is 12.4 Å². The Balaban J connectivity index is 0.00000225. The maximum Gasteiger partial charge on any atom is 0.225 e. The zero-order chi connectivity index (χ0) is 18.8. The molecule has 5 heteroatoms. The van der Waals surface area contributed by atoms with Gasteiger partial charge in [0.1, 0.15) is 0 Å². The molecule has 0 N–H and O–H groups in total. The van der Waals surface area contributed by atoms with Crippen molar-refractivity contribution in [3.63, 3.8) is 0 Å². The van der Waals surface area contributed by atoms with Crippen LogP contribution in [0.1, 0.15) is 44.6 Å². The second-order valence-electron chi connectivity index (χ2n) is 8.16. The lowest BCUT2D eigenvalue weighted by molar-refractivity contribution is -0.133. The number of amides is 1. The highest BCUT2D eigenvalue weighted by molar-refractivity contribution is 6.31. The van der Waals surface area contributed by atoms with Crippen LogP contribution in [0.15, 0.2) is 42.7 Å². The van der Waals surface area contributed by atoms with Crippen molar-refractivity contribution in [3.8, 4) is 11.1 Å². The lowest BCUT2D eigenvalue weighted by Crippen LogP contribution is -2.40. The highest BCUT2D eigenvalue weighted by Crippen LogP contribution is 2.35. The standard InChI is InChI=1S/C23H27ClN2O.ClH/c1-16-9-11-26(23(16)27)21-6-2-4-17(13-21)12-19-8-7-18(14-22(19)24)20-5-3-10-25-15-20;/h3,5,7-8,10,14-17,21H,2,4,6,9,11-13H2,1H3;1H. The Labute approximate surface area is 178 Å². The fraction of sp³-hybridized carbons (Fsp3) is 0.478. The van der Waals surface area contributed by atoms with E-state index in [1.165, 1.54) is 18.4 Å². The van der Waals surface area contributed by atoms with Gasteiger partial charge in [0.05, 0.1) is 0 Å². The number of rotatable bonds is 4. The predicted molar refractivity (Wildman–Crippen MR) is 117 cm³/mol. The molecule has 1 aliphatic carbocycles. The summed E-state index contributed by atoms with van der Waals surface area (Å²) in [7, 11) is 0. The number of carbonyl (C=O) groups is 1. The molecule has 3 unspecified atom stereocenters. The van der Waals surface area contributed by atoms with E-state index >= 15 is 0 Å². The Morgan fingerprint density at radius 2 is 2.04 bits per heavy atom. The molecule has 0 bridgehead atoms. The molecule has 2 fully saturated rings. The van der Waals surface area contributed by atoms with Gasteiger partial charge in [0.15, 0.2) is 0 Å². The minimum absolute atomic E-state index is 0. The van der Waals surface area contributed by atoms with Crippen molar-refractivity contribution < 1.29 is 4.79 Å². The first-order chi connectivity index (χ1) is 13.1. The van der Waals surface area contributed by atoms with Crippen LogP contribution in [-0.4, -0.2) is 28.4 Å². The zero-order valence-electron chi connectivity index (χ0n) is 16.3. The topological polar surface area (TPSA) is 33.2 Å². The maximum absolute atomic E-state index is 12.4. The molecule has 2 heterocycles. The van der Waals surface area contributed by atoms with Crippen LogP contribution in [0.5, 0.6) is 0 Å². The molecule has 3 atom stereocenters. The first kappa shape index (κ1) is 21.1. The van der Waals surface area contributed by atoms with Crippen molar-refractivity contribution in [1.82, 2.24) is 9.88 Å². The molecule has 4 rings (SSSR count). The zero-order valence-corrected chi connectivity index (χ0v) is 17.9. The van der Waals surface area contributed by atoms with Crippen molar-refractivity contribution in [2.75, 3.05) is 6.54 Å². The molecule has 1 saturated heterocycles. The molecule has 3 nitrogen and oxygen atoms in total. The molecule has 1 aromatic carbocycles. The van der Waals surface area contributed by atoms with E-state index in [0.29, 0.717) is 17.9 Å². The van der Waals surface area contributed by atoms with E-state index in [9.17, 15) is 4.79 Å². The van der Waals surface area contributed by atoms with E-state index in [1.807, 2.05) is 12.3 Å². The number of nitrogens with zero attached hydrogens (tertiary/aromatic N) is 2. The van der Waals surface area contributed by atoms with E-state index in [0.717, 1.165) is 48.4 Å². The van der Waals surface area contributed by atoms with Crippen LogP contribution in [0.25, 0.3) is 11.1 Å². The van der Waals surface area contributed by atoms with E-state index in [-0.39, 0.29) is 18.3 Å². The number of likely N-dealkylation sites (tertiary alicyclic amines) is 1. The molecule has 1 aliphatic heterocycles. The van der Waals surface area contributed by atoms with Gasteiger partial charge in [0.25, 0.3) is 0 Å². The fourth-order valence-electron chi connectivity index (χ4n) is 4.68. The van der Waals surface area contributed by atoms with Crippen LogP contribution >= 0.6 is 24.0 Å². The van der Waals surface area contributed by atoms with Crippen LogP contribution in [0.2, 0.25) is 5.02 Å². The number of benzene rings is 1. The van der Waals surface area contributed by atoms with Gasteiger partial charge in [0.2, 0.25) is 5.91 Å². The Bertz CT molecular complexity index is 812. The Morgan fingerprint density at radius 3 is 2.71 bits per heavy atom. The lowest BCUT2D eigenvalue weighted by atomic mass is 9.81. The van der Waals surface area contributed by atoms with Crippen LogP contribution in [0.4, 0.5) is 0 Å². The fourth-order valence-corrected chi connectivity index (χ4v) is 4.94. The minimum atomic E-state index is 0. The van der Waals surface area contributed by atoms with Crippen molar-refractivity contribution >= 4 is 29.9 Å². The van der Waals surface area contributed by atoms with Gasteiger partial charge in [-0.2, -0.15) is 0 Å². The van der Waals surface area contributed by atoms with Gasteiger partial charge >= 0.3 is 0 Å². The smallest absolute Gasteiger partial charge is 0.225 e. The third kappa shape index (κ3) is 4.52. The summed E-state index contributed by atoms with van der Waals surface area (Å²) in [5.41, 5.74) is 3.41. The quantitative estimate of drug-likeness (QED) is 0.628. The molecule has 0 spiro atoms. The monoisotopic (exact) mass is 418 g/mol. The summed E-state index contributed by atoms with van der Waals surface area (Å²) in [5, 5.41) is 0.837. The molecule has 1 saturated carbocycles. The number of halogens is 2. The second-order valence-corrected chi connectivity index (χ2v) is 8.57. The maximum atomic E-state index is 12.4. The normalized spacial score (nSPS) is 24.9. The van der Waals surface area contributed by atoms with Gasteiger partial charge < -0.3 is 4.90 Å². The molecular weight excluding hydrogens is 391 g/mol. The highest BCUT2D eigenvalue weighted by Gasteiger charge is 2.35. The van der Waals surface area contributed by atoms with E-state index < -0.39 is 0 Å². The Kier molecular flexibility index (Phi) is 7.00. The van der Waals surface area contributed by atoms with E-state index in [2.05, 4.69) is 41.1 Å². The van der Waals surface area contributed by atoms with Crippen molar-refractivity contribution in [1.29, 1.82) is 0 Å². The average Bonchev–Trinajstić information content (AvgIpc) is 3.03. The van der Waals surface area contributed by atoms with Gasteiger partial charge in [-0.05, 0) is 61.3 Å². The average molecular weight is 419 g/mol. The lowest BCUT2D eigenvalue weighted by Gasteiger charge is -2.35. The third-order valence-electron chi connectivity index (χ3n) is 6.26. The van der Waals surface area contributed by atoms with Crippen molar-refractivity contribution in [2.24, 2.45) is 11.8 Å². The van der Waals surface area contributed by atoms with E-state index in [1.54, 1.807) is 6.20 Å². The van der Waals surface area contributed by atoms with Crippen LogP contribution < -0.4 is 0 Å². The van der Waals surface area contributed by atoms with Crippen LogP contribution in [-0.2, 0) is 11.2 Å². The minimum Gasteiger partial charge on any atom is -0.339 e. The first-order valence-electron chi connectivity index (χ1n) is 10.1. The van der Waals surface area contributed by atoms with Gasteiger partial charge in [-0.3, -0.25) is 9.78 Å². The molecular formula is C23H28Cl2N2O. The predicted octanol–water partition coefficient (Wildman–Crippen LogP) is 5.79. The largest absolute Gasteiger partial charge is 0.339 e. The number of hydrogen-bond donors (Lipinski definition) is 0. The molecule has 150 valence electrons. The van der Waals surface area contributed by atoms with E-state index in [4.69, 9.17) is 11.6 Å². The van der Waals surface area contributed by atoms with Crippen molar-refractivity contribution in [3.05, 3.63) is 53.3 Å². The molecule has 1 aromatic heterocycles. The van der Waals surface area contributed by atoms with Crippen LogP contribution in [0, 0.1) is 11.8 Å². The molecule has 28 heavy (non-hydrogen) atoms. The summed E-state index contributed by atoms with van der Waals surface area (Å²) in [4.78, 5) is 18.7. The van der Waals surface area contributed by atoms with Gasteiger partial charge in [0, 0.05) is 41.5 Å². The molecule has 2 aromatic rings. The van der Waals surface area contributed by atoms with Crippen molar-refractivity contribution in [2.45, 2.75) is 51.5 Å².